The number of esters is 1. The minimum Gasteiger partial charge on any atom is -0.469 e. The van der Waals surface area contributed by atoms with Crippen LogP contribution in [0.15, 0.2) is 12.2 Å². The van der Waals surface area contributed by atoms with E-state index in [9.17, 15) is 18.4 Å². The Morgan fingerprint density at radius 1 is 1.26 bits per heavy atom. The van der Waals surface area contributed by atoms with Crippen molar-refractivity contribution in [1.82, 2.24) is 4.90 Å². The van der Waals surface area contributed by atoms with Crippen LogP contribution in [0, 0.1) is 11.8 Å². The zero-order chi connectivity index (χ0) is 20.1. The lowest BCUT2D eigenvalue weighted by Crippen LogP contribution is -2.36. The maximum absolute atomic E-state index is 13.8. The van der Waals surface area contributed by atoms with Crippen LogP contribution < -0.4 is 0 Å². The molecule has 0 aliphatic carbocycles. The van der Waals surface area contributed by atoms with Crippen molar-refractivity contribution in [3.05, 3.63) is 12.2 Å². The number of allylic oxidation sites excluding steroid dienone is 1. The van der Waals surface area contributed by atoms with Gasteiger partial charge in [-0.3, -0.25) is 9.59 Å². The molecule has 1 saturated heterocycles. The van der Waals surface area contributed by atoms with Crippen LogP contribution in [0.4, 0.5) is 8.78 Å². The molecule has 1 aliphatic rings. The van der Waals surface area contributed by atoms with Crippen LogP contribution >= 0.6 is 0 Å². The maximum Gasteiger partial charge on any atom is 0.327 e. The highest BCUT2D eigenvalue weighted by Gasteiger charge is 2.52. The van der Waals surface area contributed by atoms with E-state index in [1.807, 2.05) is 13.0 Å². The van der Waals surface area contributed by atoms with Crippen LogP contribution in [0.25, 0.3) is 0 Å². The molecular formula is C21H31F2NO3. The van der Waals surface area contributed by atoms with Crippen LogP contribution in [0.2, 0.25) is 0 Å². The molecule has 0 aromatic heterocycles. The monoisotopic (exact) mass is 383 g/mol. The third kappa shape index (κ3) is 8.55. The van der Waals surface area contributed by atoms with E-state index >= 15 is 0 Å². The Bertz CT molecular complexity index is 564. The number of nitrogens with zero attached hydrogens (tertiary/aromatic N) is 1. The Hall–Kier alpha value is -1.90. The highest BCUT2D eigenvalue weighted by atomic mass is 19.3. The van der Waals surface area contributed by atoms with E-state index < -0.39 is 24.3 Å². The molecule has 0 spiro atoms. The van der Waals surface area contributed by atoms with Crippen LogP contribution in [0.3, 0.4) is 0 Å². The van der Waals surface area contributed by atoms with Crippen molar-refractivity contribution in [3.8, 4) is 11.8 Å². The number of methoxy groups -OCH3 is 1. The van der Waals surface area contributed by atoms with Gasteiger partial charge in [-0.15, -0.1) is 11.8 Å². The van der Waals surface area contributed by atoms with Crippen molar-refractivity contribution in [2.45, 2.75) is 83.1 Å². The van der Waals surface area contributed by atoms with Gasteiger partial charge in [0.15, 0.2) is 0 Å². The summed E-state index contributed by atoms with van der Waals surface area (Å²) in [4.78, 5) is 24.3. The number of carbonyl (C=O) groups excluding carboxylic acids is 2. The molecule has 0 N–H and O–H groups in total. The van der Waals surface area contributed by atoms with E-state index in [0.29, 0.717) is 25.8 Å². The summed E-state index contributed by atoms with van der Waals surface area (Å²) in [6.45, 7) is 2.32. The number of carbonyl (C=O) groups is 2. The maximum atomic E-state index is 13.8. The van der Waals surface area contributed by atoms with Gasteiger partial charge in [-0.25, -0.2) is 0 Å². The molecule has 0 radical (unpaired) electrons. The second-order valence-electron chi connectivity index (χ2n) is 6.74. The van der Waals surface area contributed by atoms with Crippen LogP contribution in [-0.4, -0.2) is 42.4 Å². The number of unbranched alkanes of at least 4 members (excludes halogenated alkanes) is 5. The first-order valence-corrected chi connectivity index (χ1v) is 9.80. The minimum absolute atomic E-state index is 0.241. The Morgan fingerprint density at radius 3 is 2.70 bits per heavy atom. The average molecular weight is 383 g/mol. The van der Waals surface area contributed by atoms with Crippen LogP contribution in [0.1, 0.15) is 71.1 Å². The normalized spacial score (nSPS) is 18.6. The first-order valence-electron chi connectivity index (χ1n) is 9.80. The van der Waals surface area contributed by atoms with Gasteiger partial charge in [0.05, 0.1) is 13.2 Å². The minimum atomic E-state index is -3.27. The number of alkyl halides is 2. The molecule has 0 saturated carbocycles. The van der Waals surface area contributed by atoms with Gasteiger partial charge in [0.2, 0.25) is 0 Å². The molecular weight excluding hydrogens is 352 g/mol. The third-order valence-corrected chi connectivity index (χ3v) is 4.53. The lowest BCUT2D eigenvalue weighted by atomic mass is 10.1. The van der Waals surface area contributed by atoms with E-state index in [0.717, 1.165) is 38.5 Å². The van der Waals surface area contributed by atoms with Gasteiger partial charge in [-0.1, -0.05) is 31.9 Å². The van der Waals surface area contributed by atoms with Gasteiger partial charge in [-0.05, 0) is 25.7 Å². The van der Waals surface area contributed by atoms with Gasteiger partial charge < -0.3 is 9.64 Å². The molecule has 0 aromatic carbocycles. The lowest BCUT2D eigenvalue weighted by Gasteiger charge is -2.21. The van der Waals surface area contributed by atoms with E-state index in [1.54, 1.807) is 6.08 Å². The van der Waals surface area contributed by atoms with Gasteiger partial charge >= 0.3 is 11.9 Å². The van der Waals surface area contributed by atoms with Crippen LogP contribution in [0.5, 0.6) is 0 Å². The number of rotatable bonds is 11. The average Bonchev–Trinajstić information content (AvgIpc) is 2.86. The summed E-state index contributed by atoms with van der Waals surface area (Å²) < 4.78 is 32.2. The van der Waals surface area contributed by atoms with E-state index in [1.165, 1.54) is 12.0 Å². The first kappa shape index (κ1) is 23.1. The summed E-state index contributed by atoms with van der Waals surface area (Å²) in [6.07, 6.45) is 9.81. The standard InChI is InChI=1S/C21H31F2NO3/c1-3-4-5-6-7-8-11-14-18-17-21(22,23)20(26)24(18)16-13-10-9-12-15-19(25)27-2/h11,14,18H,3,6-10,12-13,15-17H2,1-2H3/b14-11+. The fraction of sp³-hybridized carbons (Fsp3) is 0.714. The molecule has 1 unspecified atom stereocenters. The highest BCUT2D eigenvalue weighted by molar-refractivity contribution is 5.86. The lowest BCUT2D eigenvalue weighted by molar-refractivity contribution is -0.148. The van der Waals surface area contributed by atoms with Crippen molar-refractivity contribution in [2.24, 2.45) is 0 Å². The van der Waals surface area contributed by atoms with Crippen LogP contribution in [-0.2, 0) is 14.3 Å². The predicted molar refractivity (Wildman–Crippen MR) is 101 cm³/mol. The smallest absolute Gasteiger partial charge is 0.327 e. The summed E-state index contributed by atoms with van der Waals surface area (Å²) in [5.41, 5.74) is 0. The van der Waals surface area contributed by atoms with Crippen molar-refractivity contribution in [1.29, 1.82) is 0 Å². The van der Waals surface area contributed by atoms with Gasteiger partial charge in [0, 0.05) is 32.2 Å². The van der Waals surface area contributed by atoms with Gasteiger partial charge in [0.25, 0.3) is 5.91 Å². The summed E-state index contributed by atoms with van der Waals surface area (Å²) >= 11 is 0. The molecule has 1 rings (SSSR count). The Balaban J connectivity index is 2.39. The molecule has 0 aromatic rings. The molecule has 1 fully saturated rings. The zero-order valence-corrected chi connectivity index (χ0v) is 16.4. The summed E-state index contributed by atoms with van der Waals surface area (Å²) in [5.74, 6) is 1.47. The fourth-order valence-electron chi connectivity index (χ4n) is 3.04. The van der Waals surface area contributed by atoms with E-state index in [2.05, 4.69) is 16.6 Å². The highest BCUT2D eigenvalue weighted by Crippen LogP contribution is 2.34. The zero-order valence-electron chi connectivity index (χ0n) is 16.4. The van der Waals surface area contributed by atoms with Crippen molar-refractivity contribution < 1.29 is 23.1 Å². The van der Waals surface area contributed by atoms with E-state index in [-0.39, 0.29) is 5.97 Å². The van der Waals surface area contributed by atoms with Gasteiger partial charge in [0.1, 0.15) is 0 Å². The Morgan fingerprint density at radius 2 is 2.00 bits per heavy atom. The molecule has 1 heterocycles. The van der Waals surface area contributed by atoms with Crippen molar-refractivity contribution in [3.63, 3.8) is 0 Å². The molecule has 1 amide bonds. The first-order chi connectivity index (χ1) is 12.9. The third-order valence-electron chi connectivity index (χ3n) is 4.53. The SMILES string of the molecule is CCC#CCCC/C=C/C1CC(F)(F)C(=O)N1CCCCCCC(=O)OC. The molecule has 27 heavy (non-hydrogen) atoms. The summed E-state index contributed by atoms with van der Waals surface area (Å²) in [6, 6.07) is -0.538. The molecule has 152 valence electrons. The largest absolute Gasteiger partial charge is 0.469 e. The fourth-order valence-corrected chi connectivity index (χ4v) is 3.04. The topological polar surface area (TPSA) is 46.6 Å². The quantitative estimate of drug-likeness (QED) is 0.229. The van der Waals surface area contributed by atoms with Gasteiger partial charge in [-0.2, -0.15) is 8.78 Å². The molecule has 0 bridgehead atoms. The van der Waals surface area contributed by atoms with Crippen molar-refractivity contribution in [2.75, 3.05) is 13.7 Å². The van der Waals surface area contributed by atoms with Crippen molar-refractivity contribution >= 4 is 11.9 Å². The summed E-state index contributed by atoms with van der Waals surface area (Å²) in [5, 5.41) is 0. The van der Waals surface area contributed by atoms with E-state index in [4.69, 9.17) is 0 Å². The molecule has 6 heteroatoms. The number of amides is 1. The molecule has 1 aliphatic heterocycles. The molecule has 4 nitrogen and oxygen atoms in total. The molecule has 1 atom stereocenters. The second kappa shape index (κ2) is 12.5. The summed E-state index contributed by atoms with van der Waals surface area (Å²) in [7, 11) is 1.35. The Labute approximate surface area is 161 Å². The number of ether oxygens (including phenoxy) is 1. The number of hydrogen-bond acceptors (Lipinski definition) is 3. The Kier molecular flexibility index (Phi) is 10.7. The second-order valence-corrected chi connectivity index (χ2v) is 6.74. The number of hydrogen-bond donors (Lipinski definition) is 0. The number of likely N-dealkylation sites (tertiary alicyclic amines) is 1. The number of halogens is 2. The predicted octanol–water partition coefficient (Wildman–Crippen LogP) is 4.49.